The number of anilines is 4. The summed E-state index contributed by atoms with van der Waals surface area (Å²) in [5, 5.41) is 14.4. The van der Waals surface area contributed by atoms with Gasteiger partial charge in [0.05, 0.1) is 21.2 Å². The monoisotopic (exact) mass is 435 g/mol. The van der Waals surface area contributed by atoms with Crippen LogP contribution < -0.4 is 10.2 Å². The minimum atomic E-state index is -4.59. The summed E-state index contributed by atoms with van der Waals surface area (Å²) in [6.45, 7) is 0.473. The van der Waals surface area contributed by atoms with Gasteiger partial charge >= 0.3 is 11.9 Å². The first-order valence-electron chi connectivity index (χ1n) is 8.74. The summed E-state index contributed by atoms with van der Waals surface area (Å²) in [5.41, 5.74) is 0.242. The molecule has 0 amide bonds. The van der Waals surface area contributed by atoms with Crippen molar-refractivity contribution in [2.24, 2.45) is 0 Å². The van der Waals surface area contributed by atoms with Crippen molar-refractivity contribution >= 4 is 40.3 Å². The molecule has 1 aromatic heterocycles. The maximum atomic E-state index is 13.0. The zero-order valence-corrected chi connectivity index (χ0v) is 15.9. The molecule has 1 aliphatic rings. The van der Waals surface area contributed by atoms with Crippen LogP contribution in [0, 0.1) is 10.1 Å². The smallest absolute Gasteiger partial charge is 0.333 e. The molecule has 11 heteroatoms. The third-order valence-corrected chi connectivity index (χ3v) is 5.00. The lowest BCUT2D eigenvalue weighted by Crippen LogP contribution is -2.17. The van der Waals surface area contributed by atoms with Crippen molar-refractivity contribution < 1.29 is 18.1 Å². The number of hydrogen-bond acceptors (Lipinski definition) is 6. The third-order valence-electron chi connectivity index (χ3n) is 4.68. The summed E-state index contributed by atoms with van der Waals surface area (Å²) in [4.78, 5) is 20.8. The van der Waals surface area contributed by atoms with Gasteiger partial charge in [0.1, 0.15) is 6.33 Å². The molecule has 0 bridgehead atoms. The summed E-state index contributed by atoms with van der Waals surface area (Å²) in [6, 6.07) is 10.1. The molecule has 0 saturated heterocycles. The summed E-state index contributed by atoms with van der Waals surface area (Å²) in [5.74, 6) is -0.207. The van der Waals surface area contributed by atoms with Crippen molar-refractivity contribution in [3.8, 4) is 0 Å². The molecule has 0 unspecified atom stereocenters. The fraction of sp³-hybridized carbons (Fsp3) is 0.158. The Morgan fingerprint density at radius 3 is 2.67 bits per heavy atom. The Balaban J connectivity index is 1.78. The second-order valence-corrected chi connectivity index (χ2v) is 6.91. The summed E-state index contributed by atoms with van der Waals surface area (Å²) >= 11 is 6.01. The normalized spacial score (nSPS) is 13.3. The molecule has 1 N–H and O–H groups in total. The van der Waals surface area contributed by atoms with Crippen molar-refractivity contribution in [3.63, 3.8) is 0 Å². The number of hydrogen-bond donors (Lipinski definition) is 1. The molecule has 0 fully saturated rings. The zero-order valence-electron chi connectivity index (χ0n) is 15.2. The predicted octanol–water partition coefficient (Wildman–Crippen LogP) is 5.49. The van der Waals surface area contributed by atoms with Crippen molar-refractivity contribution in [1.82, 2.24) is 9.97 Å². The van der Waals surface area contributed by atoms with Gasteiger partial charge in [0.25, 0.3) is 0 Å². The van der Waals surface area contributed by atoms with Crippen LogP contribution in [-0.2, 0) is 12.6 Å². The highest BCUT2D eigenvalue weighted by Crippen LogP contribution is 2.42. The lowest BCUT2D eigenvalue weighted by molar-refractivity contribution is -0.383. The van der Waals surface area contributed by atoms with E-state index in [0.29, 0.717) is 13.0 Å². The molecular weight excluding hydrogens is 423 g/mol. The number of nitrogens with one attached hydrogen (secondary N) is 1. The van der Waals surface area contributed by atoms with Crippen LogP contribution in [0.2, 0.25) is 5.02 Å². The topological polar surface area (TPSA) is 84.2 Å². The molecule has 0 radical (unpaired) electrons. The first-order chi connectivity index (χ1) is 14.3. The number of nitrogens with zero attached hydrogens (tertiary/aromatic N) is 4. The van der Waals surface area contributed by atoms with Crippen molar-refractivity contribution in [2.45, 2.75) is 12.6 Å². The fourth-order valence-electron chi connectivity index (χ4n) is 3.31. The lowest BCUT2D eigenvalue weighted by Gasteiger charge is -2.19. The number of nitro groups is 1. The number of para-hydroxylation sites is 1. The molecular formula is C19H13ClF3N5O2. The van der Waals surface area contributed by atoms with E-state index in [1.807, 2.05) is 24.3 Å². The molecule has 154 valence electrons. The number of alkyl halides is 3. The maximum Gasteiger partial charge on any atom is 0.416 e. The highest BCUT2D eigenvalue weighted by atomic mass is 35.5. The largest absolute Gasteiger partial charge is 0.416 e. The van der Waals surface area contributed by atoms with Crippen LogP contribution in [0.5, 0.6) is 0 Å². The zero-order chi connectivity index (χ0) is 21.5. The number of halogens is 4. The molecule has 0 atom stereocenters. The molecule has 30 heavy (non-hydrogen) atoms. The van der Waals surface area contributed by atoms with E-state index in [-0.39, 0.29) is 22.3 Å². The van der Waals surface area contributed by atoms with Crippen LogP contribution in [-0.4, -0.2) is 21.4 Å². The van der Waals surface area contributed by atoms with E-state index in [0.717, 1.165) is 35.8 Å². The third kappa shape index (κ3) is 3.61. The Kier molecular flexibility index (Phi) is 4.94. The van der Waals surface area contributed by atoms with E-state index in [4.69, 9.17) is 11.6 Å². The van der Waals surface area contributed by atoms with Crippen LogP contribution in [0.25, 0.3) is 0 Å². The molecule has 2 heterocycles. The number of fused-ring (bicyclic) bond motifs is 1. The van der Waals surface area contributed by atoms with Gasteiger partial charge in [0.2, 0.25) is 11.6 Å². The number of aromatic nitrogens is 2. The van der Waals surface area contributed by atoms with Gasteiger partial charge < -0.3 is 10.2 Å². The highest BCUT2D eigenvalue weighted by Gasteiger charge is 2.33. The van der Waals surface area contributed by atoms with Crippen molar-refractivity contribution in [3.05, 3.63) is 75.1 Å². The van der Waals surface area contributed by atoms with Gasteiger partial charge in [-0.1, -0.05) is 29.8 Å². The molecule has 3 aromatic rings. The van der Waals surface area contributed by atoms with Gasteiger partial charge in [0.15, 0.2) is 0 Å². The standard InChI is InChI=1S/C19H13ClF3N5O2/c20-13-6-5-12(19(21,22)23)9-14(13)26-17-16(28(29)30)18(25-10-24-17)27-8-7-11-3-1-2-4-15(11)27/h1-6,9-10H,7-8H2,(H,24,25,26). The molecule has 0 saturated carbocycles. The Morgan fingerprint density at radius 2 is 1.93 bits per heavy atom. The molecule has 1 aliphatic heterocycles. The van der Waals surface area contributed by atoms with Crippen LogP contribution in [0.15, 0.2) is 48.8 Å². The number of benzene rings is 2. The van der Waals surface area contributed by atoms with Gasteiger partial charge in [-0.15, -0.1) is 0 Å². The van der Waals surface area contributed by atoms with E-state index in [1.165, 1.54) is 0 Å². The number of rotatable bonds is 4. The molecule has 2 aromatic carbocycles. The van der Waals surface area contributed by atoms with Gasteiger partial charge in [-0.3, -0.25) is 10.1 Å². The molecule has 0 spiro atoms. The minimum Gasteiger partial charge on any atom is -0.333 e. The Bertz CT molecular complexity index is 1140. The highest BCUT2D eigenvalue weighted by molar-refractivity contribution is 6.33. The van der Waals surface area contributed by atoms with Crippen LogP contribution in [0.3, 0.4) is 0 Å². The summed E-state index contributed by atoms with van der Waals surface area (Å²) in [7, 11) is 0. The average Bonchev–Trinajstić information content (AvgIpc) is 3.12. The van der Waals surface area contributed by atoms with E-state index >= 15 is 0 Å². The average molecular weight is 436 g/mol. The van der Waals surface area contributed by atoms with Gasteiger partial charge in [-0.05, 0) is 36.2 Å². The van der Waals surface area contributed by atoms with E-state index in [9.17, 15) is 23.3 Å². The Hall–Kier alpha value is -3.40. The SMILES string of the molecule is O=[N+]([O-])c1c(Nc2cc(C(F)(F)F)ccc2Cl)ncnc1N1CCc2ccccc21. The van der Waals surface area contributed by atoms with Crippen LogP contribution >= 0.6 is 11.6 Å². The molecule has 0 aliphatic carbocycles. The quantitative estimate of drug-likeness (QED) is 0.430. The summed E-state index contributed by atoms with van der Waals surface area (Å²) in [6.07, 6.45) is -2.80. The maximum absolute atomic E-state index is 13.0. The lowest BCUT2D eigenvalue weighted by atomic mass is 10.2. The van der Waals surface area contributed by atoms with Gasteiger partial charge in [-0.25, -0.2) is 9.97 Å². The second kappa shape index (κ2) is 7.45. The van der Waals surface area contributed by atoms with Crippen LogP contribution in [0.1, 0.15) is 11.1 Å². The van der Waals surface area contributed by atoms with Crippen molar-refractivity contribution in [1.29, 1.82) is 0 Å². The minimum absolute atomic E-state index is 0.0380. The predicted molar refractivity (Wildman–Crippen MR) is 106 cm³/mol. The molecule has 4 rings (SSSR count). The Morgan fingerprint density at radius 1 is 1.17 bits per heavy atom. The first-order valence-corrected chi connectivity index (χ1v) is 9.12. The fourth-order valence-corrected chi connectivity index (χ4v) is 3.47. The molecule has 7 nitrogen and oxygen atoms in total. The van der Waals surface area contributed by atoms with E-state index in [1.54, 1.807) is 4.90 Å². The van der Waals surface area contributed by atoms with Gasteiger partial charge in [0, 0.05) is 12.2 Å². The van der Waals surface area contributed by atoms with Crippen molar-refractivity contribution in [2.75, 3.05) is 16.8 Å². The summed E-state index contributed by atoms with van der Waals surface area (Å²) < 4.78 is 39.1. The van der Waals surface area contributed by atoms with Crippen LogP contribution in [0.4, 0.5) is 41.9 Å². The Labute approximate surface area is 173 Å². The second-order valence-electron chi connectivity index (χ2n) is 6.50. The van der Waals surface area contributed by atoms with Gasteiger partial charge in [-0.2, -0.15) is 13.2 Å². The van der Waals surface area contributed by atoms with E-state index in [2.05, 4.69) is 15.3 Å². The first kappa shape index (κ1) is 19.9. The van der Waals surface area contributed by atoms with E-state index < -0.39 is 22.4 Å².